The number of hydrogen-bond acceptors (Lipinski definition) is 5. The van der Waals surface area contributed by atoms with Crippen LogP contribution in [0.25, 0.3) is 6.08 Å². The van der Waals surface area contributed by atoms with Gasteiger partial charge in [0, 0.05) is 12.1 Å². The summed E-state index contributed by atoms with van der Waals surface area (Å²) in [6.07, 6.45) is -3.77. The molecule has 0 spiro atoms. The van der Waals surface area contributed by atoms with Crippen LogP contribution in [0.2, 0.25) is 0 Å². The minimum absolute atomic E-state index is 0.0808. The third kappa shape index (κ3) is 6.35. The summed E-state index contributed by atoms with van der Waals surface area (Å²) >= 11 is 0. The van der Waals surface area contributed by atoms with E-state index < -0.39 is 47.3 Å². The van der Waals surface area contributed by atoms with Crippen LogP contribution in [0.4, 0.5) is 18.0 Å². The lowest BCUT2D eigenvalue weighted by atomic mass is 9.77. The van der Waals surface area contributed by atoms with Crippen molar-refractivity contribution in [3.8, 4) is 0 Å². The zero-order valence-electron chi connectivity index (χ0n) is 19.3. The molecule has 0 unspecified atom stereocenters. The average molecular weight is 455 g/mol. The number of amides is 1. The number of carbonyl (C=O) groups excluding carboxylic acids is 2. The highest BCUT2D eigenvalue weighted by Gasteiger charge is 2.52. The standard InChI is InChI=1S/C22H29BF3NO5/c1-19(2,3)30-18(29)27-12-16(23-31-20(4,5)21(6,7)32-23)10-14-8-9-15(13-28)17(11-14)22(24,25)26/h8-11,13H,12H2,1-7H3,(H,27,29). The Kier molecular flexibility index (Phi) is 7.21. The van der Waals surface area contributed by atoms with E-state index in [1.54, 1.807) is 20.8 Å². The van der Waals surface area contributed by atoms with Gasteiger partial charge in [-0.15, -0.1) is 0 Å². The molecule has 0 radical (unpaired) electrons. The normalized spacial score (nSPS) is 18.4. The first-order chi connectivity index (χ1) is 14.4. The van der Waals surface area contributed by atoms with Gasteiger partial charge in [0.25, 0.3) is 0 Å². The number of aldehydes is 1. The van der Waals surface area contributed by atoms with Crippen molar-refractivity contribution in [3.05, 3.63) is 40.4 Å². The number of benzene rings is 1. The second-order valence-corrected chi connectivity index (χ2v) is 9.63. The van der Waals surface area contributed by atoms with Gasteiger partial charge in [-0.25, -0.2) is 4.79 Å². The minimum atomic E-state index is -4.70. The molecule has 0 bridgehead atoms. The first kappa shape index (κ1) is 25.9. The smallest absolute Gasteiger partial charge is 0.444 e. The third-order valence-electron chi connectivity index (χ3n) is 5.25. The Labute approximate surface area is 186 Å². The van der Waals surface area contributed by atoms with Crippen LogP contribution >= 0.6 is 0 Å². The molecule has 0 atom stereocenters. The number of alkyl carbamates (subject to hydrolysis) is 1. The molecule has 1 aliphatic heterocycles. The van der Waals surface area contributed by atoms with Gasteiger partial charge >= 0.3 is 19.4 Å². The molecule has 10 heteroatoms. The van der Waals surface area contributed by atoms with Crippen LogP contribution in [0.1, 0.15) is 70.0 Å². The largest absolute Gasteiger partial charge is 0.492 e. The van der Waals surface area contributed by atoms with Crippen molar-refractivity contribution in [1.82, 2.24) is 5.32 Å². The van der Waals surface area contributed by atoms with Crippen LogP contribution in [-0.2, 0) is 20.2 Å². The molecule has 0 saturated carbocycles. The maximum Gasteiger partial charge on any atom is 0.492 e. The quantitative estimate of drug-likeness (QED) is 0.497. The van der Waals surface area contributed by atoms with Crippen LogP contribution in [0.5, 0.6) is 0 Å². The molecule has 0 aliphatic carbocycles. The van der Waals surface area contributed by atoms with Crippen molar-refractivity contribution in [2.45, 2.75) is 71.4 Å². The number of halogens is 3. The summed E-state index contributed by atoms with van der Waals surface area (Å²) in [5.41, 5.74) is -3.04. The van der Waals surface area contributed by atoms with Crippen molar-refractivity contribution < 1.29 is 36.8 Å². The second-order valence-electron chi connectivity index (χ2n) is 9.63. The van der Waals surface area contributed by atoms with Crippen LogP contribution in [-0.4, -0.2) is 42.8 Å². The van der Waals surface area contributed by atoms with E-state index >= 15 is 0 Å². The molecule has 1 aliphatic rings. The lowest BCUT2D eigenvalue weighted by Crippen LogP contribution is -2.41. The van der Waals surface area contributed by atoms with E-state index in [2.05, 4.69) is 5.32 Å². The third-order valence-corrected chi connectivity index (χ3v) is 5.25. The lowest BCUT2D eigenvalue weighted by Gasteiger charge is -2.32. The van der Waals surface area contributed by atoms with Gasteiger partial charge in [0.2, 0.25) is 0 Å². The Morgan fingerprint density at radius 1 is 1.12 bits per heavy atom. The molecule has 1 aromatic rings. The zero-order chi connectivity index (χ0) is 24.5. The van der Waals surface area contributed by atoms with Gasteiger partial charge in [0.05, 0.1) is 16.8 Å². The predicted molar refractivity (Wildman–Crippen MR) is 115 cm³/mol. The van der Waals surface area contributed by atoms with Gasteiger partial charge in [-0.2, -0.15) is 13.2 Å². The van der Waals surface area contributed by atoms with Gasteiger partial charge in [-0.3, -0.25) is 4.79 Å². The summed E-state index contributed by atoms with van der Waals surface area (Å²) in [7, 11) is -0.907. The van der Waals surface area contributed by atoms with Crippen LogP contribution in [0.3, 0.4) is 0 Å². The highest BCUT2D eigenvalue weighted by atomic mass is 19.4. The summed E-state index contributed by atoms with van der Waals surface area (Å²) in [5.74, 6) is 0. The Balaban J connectivity index is 2.41. The summed E-state index contributed by atoms with van der Waals surface area (Å²) in [6.45, 7) is 12.4. The van der Waals surface area contributed by atoms with Gasteiger partial charge in [-0.05, 0) is 65.6 Å². The SMILES string of the molecule is CC(C)(C)OC(=O)NCC(=Cc1ccc(C=O)c(C(F)(F)F)c1)B1OC(C)(C)C(C)(C)O1. The number of hydrogen-bond donors (Lipinski definition) is 1. The van der Waals surface area contributed by atoms with E-state index in [4.69, 9.17) is 14.0 Å². The van der Waals surface area contributed by atoms with Gasteiger partial charge in [-0.1, -0.05) is 18.2 Å². The summed E-state index contributed by atoms with van der Waals surface area (Å²) in [4.78, 5) is 23.2. The van der Waals surface area contributed by atoms with Crippen molar-refractivity contribution in [2.24, 2.45) is 0 Å². The number of nitrogens with one attached hydrogen (secondary N) is 1. The van der Waals surface area contributed by atoms with Crippen molar-refractivity contribution in [1.29, 1.82) is 0 Å². The molecule has 1 amide bonds. The molecule has 6 nitrogen and oxygen atoms in total. The maximum absolute atomic E-state index is 13.4. The topological polar surface area (TPSA) is 73.9 Å². The highest BCUT2D eigenvalue weighted by molar-refractivity contribution is 6.56. The van der Waals surface area contributed by atoms with Crippen LogP contribution in [0, 0.1) is 0 Å². The molecule has 1 N–H and O–H groups in total. The fraction of sp³-hybridized carbons (Fsp3) is 0.545. The number of carbonyl (C=O) groups is 2. The van der Waals surface area contributed by atoms with E-state index in [1.165, 1.54) is 12.1 Å². The summed E-state index contributed by atoms with van der Waals surface area (Å²) in [6, 6.07) is 3.37. The molecule has 1 aromatic carbocycles. The molecule has 1 heterocycles. The summed E-state index contributed by atoms with van der Waals surface area (Å²) < 4.78 is 57.4. The fourth-order valence-corrected chi connectivity index (χ4v) is 2.91. The molecule has 2 rings (SSSR count). The highest BCUT2D eigenvalue weighted by Crippen LogP contribution is 2.39. The zero-order valence-corrected chi connectivity index (χ0v) is 19.3. The molecular weight excluding hydrogens is 426 g/mol. The fourth-order valence-electron chi connectivity index (χ4n) is 2.91. The number of alkyl halides is 3. The van der Waals surface area contributed by atoms with Crippen LogP contribution in [0.15, 0.2) is 23.7 Å². The predicted octanol–water partition coefficient (Wildman–Crippen LogP) is 5.06. The molecule has 32 heavy (non-hydrogen) atoms. The van der Waals surface area contributed by atoms with Crippen molar-refractivity contribution in [2.75, 3.05) is 6.54 Å². The minimum Gasteiger partial charge on any atom is -0.444 e. The van der Waals surface area contributed by atoms with Gasteiger partial charge in [0.15, 0.2) is 6.29 Å². The average Bonchev–Trinajstić information content (AvgIpc) is 2.83. The van der Waals surface area contributed by atoms with E-state index in [-0.39, 0.29) is 18.4 Å². The first-order valence-corrected chi connectivity index (χ1v) is 10.1. The number of ether oxygens (including phenoxy) is 1. The van der Waals surface area contributed by atoms with E-state index in [1.807, 2.05) is 27.7 Å². The molecule has 1 saturated heterocycles. The Bertz CT molecular complexity index is 888. The van der Waals surface area contributed by atoms with Crippen molar-refractivity contribution in [3.63, 3.8) is 0 Å². The second kappa shape index (κ2) is 8.90. The first-order valence-electron chi connectivity index (χ1n) is 10.1. The molecule has 176 valence electrons. The van der Waals surface area contributed by atoms with Crippen molar-refractivity contribution >= 4 is 25.6 Å². The van der Waals surface area contributed by atoms with E-state index in [0.29, 0.717) is 5.47 Å². The molecule has 1 fully saturated rings. The van der Waals surface area contributed by atoms with Gasteiger partial charge in [0.1, 0.15) is 5.60 Å². The Morgan fingerprint density at radius 3 is 2.16 bits per heavy atom. The van der Waals surface area contributed by atoms with Crippen LogP contribution < -0.4 is 5.32 Å². The lowest BCUT2D eigenvalue weighted by molar-refractivity contribution is -0.137. The van der Waals surface area contributed by atoms with Gasteiger partial charge < -0.3 is 19.4 Å². The molecule has 0 aromatic heterocycles. The maximum atomic E-state index is 13.4. The van der Waals surface area contributed by atoms with E-state index in [9.17, 15) is 22.8 Å². The summed E-state index contributed by atoms with van der Waals surface area (Å²) in [5, 5.41) is 2.59. The number of rotatable bonds is 5. The Hall–Kier alpha value is -2.33. The monoisotopic (exact) mass is 455 g/mol. The Morgan fingerprint density at radius 2 is 1.69 bits per heavy atom. The molecular formula is C22H29BF3NO5. The van der Waals surface area contributed by atoms with E-state index in [0.717, 1.165) is 12.1 Å².